The summed E-state index contributed by atoms with van der Waals surface area (Å²) in [5.74, 6) is 0. The van der Waals surface area contributed by atoms with E-state index in [4.69, 9.17) is 0 Å². The van der Waals surface area contributed by atoms with Gasteiger partial charge in [0.05, 0.1) is 0 Å². The van der Waals surface area contributed by atoms with Crippen LogP contribution in [0.3, 0.4) is 0 Å². The lowest BCUT2D eigenvalue weighted by molar-refractivity contribution is 0.539. The molecule has 2 heteroatoms. The fourth-order valence-electron chi connectivity index (χ4n) is 1.12. The molecule has 0 fully saturated rings. The first kappa shape index (κ1) is 11.9. The second-order valence-electron chi connectivity index (χ2n) is 3.52. The molecular weight excluding hydrogens is 148 g/mol. The van der Waals surface area contributed by atoms with E-state index < -0.39 is 0 Å². The predicted molar refractivity (Wildman–Crippen MR) is 55.5 cm³/mol. The van der Waals surface area contributed by atoms with Crippen LogP contribution < -0.4 is 10.6 Å². The topological polar surface area (TPSA) is 24.1 Å². The minimum absolute atomic E-state index is 0.638. The van der Waals surface area contributed by atoms with Gasteiger partial charge in [0.2, 0.25) is 0 Å². The summed E-state index contributed by atoms with van der Waals surface area (Å²) in [5, 5.41) is 6.74. The molecule has 0 radical (unpaired) electrons. The summed E-state index contributed by atoms with van der Waals surface area (Å²) in [6.07, 6.45) is 3.96. The third-order valence-corrected chi connectivity index (χ3v) is 1.83. The zero-order chi connectivity index (χ0) is 9.23. The van der Waals surface area contributed by atoms with E-state index in [0.29, 0.717) is 6.04 Å². The van der Waals surface area contributed by atoms with E-state index in [0.717, 1.165) is 6.54 Å². The first-order chi connectivity index (χ1) is 5.77. The van der Waals surface area contributed by atoms with Crippen LogP contribution in [0.25, 0.3) is 0 Å². The van der Waals surface area contributed by atoms with Crippen LogP contribution in [0.1, 0.15) is 40.0 Å². The van der Waals surface area contributed by atoms with E-state index in [9.17, 15) is 0 Å². The molecule has 0 aromatic heterocycles. The molecular formula is C10H24N2. The molecule has 0 aliphatic rings. The van der Waals surface area contributed by atoms with Crippen LogP contribution >= 0.6 is 0 Å². The number of rotatable bonds is 8. The van der Waals surface area contributed by atoms with Crippen LogP contribution in [0.4, 0.5) is 0 Å². The molecule has 0 bridgehead atoms. The molecule has 2 N–H and O–H groups in total. The highest BCUT2D eigenvalue weighted by atomic mass is 14.9. The molecule has 0 aliphatic heterocycles. The Labute approximate surface area is 77.1 Å². The summed E-state index contributed by atoms with van der Waals surface area (Å²) >= 11 is 0. The number of unbranched alkanes of at least 4 members (excludes halogenated alkanes) is 2. The highest BCUT2D eigenvalue weighted by molar-refractivity contribution is 4.53. The van der Waals surface area contributed by atoms with Gasteiger partial charge in [-0.05, 0) is 32.5 Å². The standard InChI is InChI=1S/C10H24N2/c1-4-11-8-6-5-7-9-12-10(2)3/h10-12H,4-9H2,1-3H3. The largest absolute Gasteiger partial charge is 0.317 e. The minimum atomic E-state index is 0.638. The molecule has 0 unspecified atom stereocenters. The van der Waals surface area contributed by atoms with Gasteiger partial charge in [-0.3, -0.25) is 0 Å². The Morgan fingerprint density at radius 1 is 1.00 bits per heavy atom. The van der Waals surface area contributed by atoms with E-state index in [2.05, 4.69) is 31.4 Å². The van der Waals surface area contributed by atoms with Crippen LogP contribution in [0, 0.1) is 0 Å². The molecule has 0 amide bonds. The fourth-order valence-corrected chi connectivity index (χ4v) is 1.12. The molecule has 0 aromatic carbocycles. The minimum Gasteiger partial charge on any atom is -0.317 e. The molecule has 0 aromatic rings. The smallest absolute Gasteiger partial charge is 0.00103 e. The zero-order valence-corrected chi connectivity index (χ0v) is 8.82. The number of hydrogen-bond acceptors (Lipinski definition) is 2. The summed E-state index contributed by atoms with van der Waals surface area (Å²) in [6, 6.07) is 0.638. The van der Waals surface area contributed by atoms with Crippen LogP contribution in [0.15, 0.2) is 0 Å². The predicted octanol–water partition coefficient (Wildman–Crippen LogP) is 1.76. The lowest BCUT2D eigenvalue weighted by atomic mass is 10.2. The van der Waals surface area contributed by atoms with Crippen LogP contribution in [0.5, 0.6) is 0 Å². The third-order valence-electron chi connectivity index (χ3n) is 1.83. The zero-order valence-electron chi connectivity index (χ0n) is 8.82. The molecule has 0 rings (SSSR count). The van der Waals surface area contributed by atoms with Gasteiger partial charge in [-0.2, -0.15) is 0 Å². The summed E-state index contributed by atoms with van der Waals surface area (Å²) < 4.78 is 0. The van der Waals surface area contributed by atoms with E-state index in [1.165, 1.54) is 32.4 Å². The van der Waals surface area contributed by atoms with Crippen molar-refractivity contribution in [2.75, 3.05) is 19.6 Å². The average molecular weight is 172 g/mol. The molecule has 0 saturated carbocycles. The van der Waals surface area contributed by atoms with Crippen molar-refractivity contribution in [1.29, 1.82) is 0 Å². The summed E-state index contributed by atoms with van der Waals surface area (Å²) in [4.78, 5) is 0. The number of hydrogen-bond donors (Lipinski definition) is 2. The summed E-state index contributed by atoms with van der Waals surface area (Å²) in [6.45, 7) is 9.99. The highest BCUT2D eigenvalue weighted by Gasteiger charge is 1.91. The Hall–Kier alpha value is -0.0800. The van der Waals surface area contributed by atoms with Crippen LogP contribution in [0.2, 0.25) is 0 Å². The molecule has 0 spiro atoms. The first-order valence-electron chi connectivity index (χ1n) is 5.21. The monoisotopic (exact) mass is 172 g/mol. The Morgan fingerprint density at radius 3 is 2.25 bits per heavy atom. The van der Waals surface area contributed by atoms with Crippen molar-refractivity contribution in [3.8, 4) is 0 Å². The van der Waals surface area contributed by atoms with Crippen molar-refractivity contribution in [3.63, 3.8) is 0 Å². The maximum Gasteiger partial charge on any atom is 0.00103 e. The highest BCUT2D eigenvalue weighted by Crippen LogP contribution is 1.92. The summed E-state index contributed by atoms with van der Waals surface area (Å²) in [5.41, 5.74) is 0. The lowest BCUT2D eigenvalue weighted by Gasteiger charge is -2.07. The molecule has 0 saturated heterocycles. The van der Waals surface area contributed by atoms with Crippen molar-refractivity contribution < 1.29 is 0 Å². The third kappa shape index (κ3) is 9.92. The van der Waals surface area contributed by atoms with Gasteiger partial charge in [-0.15, -0.1) is 0 Å². The molecule has 0 heterocycles. The van der Waals surface area contributed by atoms with E-state index in [1.807, 2.05) is 0 Å². The van der Waals surface area contributed by atoms with Gasteiger partial charge < -0.3 is 10.6 Å². The second kappa shape index (κ2) is 9.01. The van der Waals surface area contributed by atoms with Gasteiger partial charge in [0, 0.05) is 6.04 Å². The Bertz CT molecular complexity index is 81.9. The van der Waals surface area contributed by atoms with Gasteiger partial charge in [0.15, 0.2) is 0 Å². The van der Waals surface area contributed by atoms with Gasteiger partial charge in [-0.1, -0.05) is 27.2 Å². The Kier molecular flexibility index (Phi) is 8.95. The average Bonchev–Trinajstić information content (AvgIpc) is 2.02. The van der Waals surface area contributed by atoms with Gasteiger partial charge in [-0.25, -0.2) is 0 Å². The van der Waals surface area contributed by atoms with Crippen LogP contribution in [-0.4, -0.2) is 25.7 Å². The summed E-state index contributed by atoms with van der Waals surface area (Å²) in [7, 11) is 0. The van der Waals surface area contributed by atoms with Gasteiger partial charge >= 0.3 is 0 Å². The van der Waals surface area contributed by atoms with Gasteiger partial charge in [0.1, 0.15) is 0 Å². The maximum atomic E-state index is 3.42. The quantitative estimate of drug-likeness (QED) is 0.545. The maximum absolute atomic E-state index is 3.42. The molecule has 12 heavy (non-hydrogen) atoms. The molecule has 0 aliphatic carbocycles. The van der Waals surface area contributed by atoms with E-state index >= 15 is 0 Å². The lowest BCUT2D eigenvalue weighted by Crippen LogP contribution is -2.23. The normalized spacial score (nSPS) is 11.0. The Balaban J connectivity index is 2.82. The van der Waals surface area contributed by atoms with E-state index in [1.54, 1.807) is 0 Å². The van der Waals surface area contributed by atoms with Crippen molar-refractivity contribution in [2.45, 2.75) is 46.1 Å². The Morgan fingerprint density at radius 2 is 1.67 bits per heavy atom. The van der Waals surface area contributed by atoms with E-state index in [-0.39, 0.29) is 0 Å². The van der Waals surface area contributed by atoms with Gasteiger partial charge in [0.25, 0.3) is 0 Å². The molecule has 74 valence electrons. The second-order valence-corrected chi connectivity index (χ2v) is 3.52. The van der Waals surface area contributed by atoms with Crippen molar-refractivity contribution in [3.05, 3.63) is 0 Å². The molecule has 0 atom stereocenters. The number of nitrogens with one attached hydrogen (secondary N) is 2. The van der Waals surface area contributed by atoms with Crippen molar-refractivity contribution in [1.82, 2.24) is 10.6 Å². The van der Waals surface area contributed by atoms with Crippen molar-refractivity contribution in [2.24, 2.45) is 0 Å². The van der Waals surface area contributed by atoms with Crippen LogP contribution in [-0.2, 0) is 0 Å². The first-order valence-corrected chi connectivity index (χ1v) is 5.21. The fraction of sp³-hybridized carbons (Fsp3) is 1.00. The molecule has 2 nitrogen and oxygen atoms in total. The van der Waals surface area contributed by atoms with Crippen molar-refractivity contribution >= 4 is 0 Å². The SMILES string of the molecule is CCNCCCCCNC(C)C.